The molecular weight excluding hydrogens is 454 g/mol. The number of anilines is 1. The normalized spacial score (nSPS) is 26.3. The highest BCUT2D eigenvalue weighted by atomic mass is 32.2. The van der Waals surface area contributed by atoms with Crippen molar-refractivity contribution in [2.24, 2.45) is 5.92 Å². The number of ether oxygens (including phenoxy) is 1. The summed E-state index contributed by atoms with van der Waals surface area (Å²) in [6, 6.07) is 15.3. The third-order valence-electron chi connectivity index (χ3n) is 7.26. The minimum Gasteiger partial charge on any atom is -0.496 e. The van der Waals surface area contributed by atoms with E-state index in [-0.39, 0.29) is 18.0 Å². The maximum atomic E-state index is 12.0. The Morgan fingerprint density at radius 2 is 1.97 bits per heavy atom. The zero-order chi connectivity index (χ0) is 24.5. The van der Waals surface area contributed by atoms with Crippen molar-refractivity contribution in [2.75, 3.05) is 31.3 Å². The highest BCUT2D eigenvalue weighted by Gasteiger charge is 2.49. The second kappa shape index (κ2) is 9.93. The zero-order valence-electron chi connectivity index (χ0n) is 19.8. The molecule has 3 aliphatic rings. The lowest BCUT2D eigenvalue weighted by Gasteiger charge is -2.54. The molecule has 3 heterocycles. The molecule has 0 amide bonds. The van der Waals surface area contributed by atoms with E-state index in [1.54, 1.807) is 19.2 Å². The third kappa shape index (κ3) is 5.06. The predicted molar refractivity (Wildman–Crippen MR) is 132 cm³/mol. The number of carboxylic acids is 1. The molecule has 0 spiro atoms. The van der Waals surface area contributed by atoms with Gasteiger partial charge in [-0.25, -0.2) is 8.42 Å². The second-order valence-corrected chi connectivity index (χ2v) is 11.3. The van der Waals surface area contributed by atoms with Crippen LogP contribution in [0.15, 0.2) is 48.5 Å². The minimum absolute atomic E-state index is 0.0591. The van der Waals surface area contributed by atoms with E-state index in [1.165, 1.54) is 23.2 Å². The molecule has 3 saturated heterocycles. The van der Waals surface area contributed by atoms with E-state index < -0.39 is 22.0 Å². The third-order valence-corrected chi connectivity index (χ3v) is 8.46. The molecule has 2 N–H and O–H groups in total. The maximum Gasteiger partial charge on any atom is 0.320 e. The summed E-state index contributed by atoms with van der Waals surface area (Å²) in [5, 5.41) is 13.5. The topological polar surface area (TPSA) is 99.2 Å². The molecule has 3 fully saturated rings. The van der Waals surface area contributed by atoms with Crippen LogP contribution < -0.4 is 14.4 Å². The Morgan fingerprint density at radius 1 is 1.24 bits per heavy atom. The van der Waals surface area contributed by atoms with Gasteiger partial charge in [-0.05, 0) is 55.5 Å². The maximum absolute atomic E-state index is 12.0. The van der Waals surface area contributed by atoms with E-state index in [4.69, 9.17) is 4.74 Å². The average molecular weight is 488 g/mol. The van der Waals surface area contributed by atoms with Crippen molar-refractivity contribution in [3.63, 3.8) is 0 Å². The highest BCUT2D eigenvalue weighted by molar-refractivity contribution is 7.92. The molecule has 0 aromatic heterocycles. The molecular formula is C25H33N3O5S. The Kier molecular flexibility index (Phi) is 7.16. The molecule has 2 unspecified atom stereocenters. The van der Waals surface area contributed by atoms with Crippen LogP contribution in [0.4, 0.5) is 5.69 Å². The molecule has 0 aliphatic carbocycles. The van der Waals surface area contributed by atoms with Crippen LogP contribution in [0.1, 0.15) is 24.0 Å². The number of fused-ring (bicyclic) bond motifs is 3. The molecule has 0 saturated carbocycles. The molecule has 5 atom stereocenters. The molecule has 184 valence electrons. The fraction of sp³-hybridized carbons (Fsp3) is 0.480. The summed E-state index contributed by atoms with van der Waals surface area (Å²) in [7, 11) is -0.251. The first-order valence-corrected chi connectivity index (χ1v) is 13.4. The molecule has 9 heteroatoms. The summed E-state index contributed by atoms with van der Waals surface area (Å²) in [4.78, 5) is 14.1. The van der Waals surface area contributed by atoms with Crippen molar-refractivity contribution in [1.82, 2.24) is 10.2 Å². The van der Waals surface area contributed by atoms with Crippen molar-refractivity contribution in [3.8, 4) is 5.75 Å². The van der Waals surface area contributed by atoms with Crippen LogP contribution in [-0.2, 0) is 27.8 Å². The van der Waals surface area contributed by atoms with E-state index in [2.05, 4.69) is 22.3 Å². The van der Waals surface area contributed by atoms with Crippen LogP contribution in [0.25, 0.3) is 0 Å². The summed E-state index contributed by atoms with van der Waals surface area (Å²) in [5.74, 6) is 0.189. The van der Waals surface area contributed by atoms with Crippen molar-refractivity contribution < 1.29 is 23.1 Å². The van der Waals surface area contributed by atoms with Crippen LogP contribution in [-0.4, -0.2) is 69.5 Å². The van der Waals surface area contributed by atoms with Crippen LogP contribution in [0.2, 0.25) is 0 Å². The number of carboxylic acid groups (broad SMARTS) is 1. The molecule has 34 heavy (non-hydrogen) atoms. The van der Waals surface area contributed by atoms with Gasteiger partial charge in [0.05, 0.1) is 19.1 Å². The van der Waals surface area contributed by atoms with Crippen LogP contribution >= 0.6 is 0 Å². The van der Waals surface area contributed by atoms with Crippen LogP contribution in [0, 0.1) is 5.92 Å². The number of nitrogens with zero attached hydrogens (tertiary/aromatic N) is 2. The van der Waals surface area contributed by atoms with Gasteiger partial charge in [-0.3, -0.25) is 14.0 Å². The summed E-state index contributed by atoms with van der Waals surface area (Å²) in [5.41, 5.74) is 2.62. The molecule has 2 aromatic carbocycles. The second-order valence-electron chi connectivity index (χ2n) is 9.27. The average Bonchev–Trinajstić information content (AvgIpc) is 2.83. The highest BCUT2D eigenvalue weighted by Crippen LogP contribution is 2.38. The fourth-order valence-corrected chi connectivity index (χ4v) is 5.91. The van der Waals surface area contributed by atoms with Gasteiger partial charge in [0, 0.05) is 31.2 Å². The number of methoxy groups -OCH3 is 1. The van der Waals surface area contributed by atoms with Gasteiger partial charge in [0.25, 0.3) is 0 Å². The van der Waals surface area contributed by atoms with Gasteiger partial charge < -0.3 is 15.2 Å². The van der Waals surface area contributed by atoms with Gasteiger partial charge in [0.2, 0.25) is 10.0 Å². The Morgan fingerprint density at radius 3 is 2.62 bits per heavy atom. The monoisotopic (exact) mass is 487 g/mol. The first kappa shape index (κ1) is 24.5. The number of carbonyl (C=O) groups is 1. The smallest absolute Gasteiger partial charge is 0.320 e. The van der Waals surface area contributed by atoms with E-state index >= 15 is 0 Å². The van der Waals surface area contributed by atoms with E-state index in [1.807, 2.05) is 24.3 Å². The molecule has 0 radical (unpaired) electrons. The largest absolute Gasteiger partial charge is 0.496 e. The molecule has 5 rings (SSSR count). The van der Waals surface area contributed by atoms with E-state index in [0.29, 0.717) is 24.4 Å². The number of aliphatic carboxylic acids is 1. The first-order chi connectivity index (χ1) is 16.2. The van der Waals surface area contributed by atoms with Crippen molar-refractivity contribution in [3.05, 3.63) is 59.7 Å². The van der Waals surface area contributed by atoms with Crippen molar-refractivity contribution >= 4 is 21.7 Å². The summed E-state index contributed by atoms with van der Waals surface area (Å²) < 4.78 is 30.8. The SMILES string of the molecule is COc1ccc(N(C)S(C)(=O)=O)cc1CN[C@H]1[C@H]2CCN(C(C(=O)O)C2)[C@H]1Cc1ccccc1. The van der Waals surface area contributed by atoms with E-state index in [0.717, 1.165) is 24.9 Å². The van der Waals surface area contributed by atoms with Gasteiger partial charge in [-0.2, -0.15) is 0 Å². The summed E-state index contributed by atoms with van der Waals surface area (Å²) >= 11 is 0. The van der Waals surface area contributed by atoms with Crippen molar-refractivity contribution in [1.29, 1.82) is 0 Å². The van der Waals surface area contributed by atoms with Gasteiger partial charge in [-0.15, -0.1) is 0 Å². The summed E-state index contributed by atoms with van der Waals surface area (Å²) in [6.45, 7) is 1.28. The number of hydrogen-bond acceptors (Lipinski definition) is 6. The summed E-state index contributed by atoms with van der Waals surface area (Å²) in [6.07, 6.45) is 3.54. The van der Waals surface area contributed by atoms with Crippen LogP contribution in [0.3, 0.4) is 0 Å². The molecule has 2 bridgehead atoms. The molecule has 2 aromatic rings. The number of nitrogens with one attached hydrogen (secondary N) is 1. The zero-order valence-corrected chi connectivity index (χ0v) is 20.7. The Hall–Kier alpha value is -2.62. The number of rotatable bonds is 9. The van der Waals surface area contributed by atoms with Gasteiger partial charge in [-0.1, -0.05) is 30.3 Å². The number of sulfonamides is 1. The predicted octanol–water partition coefficient (Wildman–Crippen LogP) is 2.34. The Balaban J connectivity index is 1.59. The fourth-order valence-electron chi connectivity index (χ4n) is 5.42. The number of piperidine rings is 3. The lowest BCUT2D eigenvalue weighted by molar-refractivity contribution is -0.152. The van der Waals surface area contributed by atoms with Crippen LogP contribution in [0.5, 0.6) is 5.75 Å². The van der Waals surface area contributed by atoms with Gasteiger partial charge in [0.15, 0.2) is 0 Å². The first-order valence-electron chi connectivity index (χ1n) is 11.6. The Labute approximate surface area is 201 Å². The quantitative estimate of drug-likeness (QED) is 0.560. The van der Waals surface area contributed by atoms with Crippen molar-refractivity contribution in [2.45, 2.75) is 43.9 Å². The van der Waals surface area contributed by atoms with E-state index in [9.17, 15) is 18.3 Å². The lowest BCUT2D eigenvalue weighted by atomic mass is 9.73. The Bertz CT molecular complexity index is 1120. The van der Waals surface area contributed by atoms with Gasteiger partial charge in [0.1, 0.15) is 11.8 Å². The number of hydrogen-bond donors (Lipinski definition) is 2. The van der Waals surface area contributed by atoms with Gasteiger partial charge >= 0.3 is 5.97 Å². The standard InChI is InChI=1S/C25H33N3O5S/c1-27(34(3,31)32)20-9-10-23(33-2)19(14-20)16-26-24-18-11-12-28(22(15-18)25(29)30)21(24)13-17-7-5-4-6-8-17/h4-10,14,18,21-22,24,26H,11-13,15-16H2,1-3H3,(H,29,30)/t18-,21-,22?,24-/m0/s1. The minimum atomic E-state index is -3.38. The molecule has 3 aliphatic heterocycles. The number of benzene rings is 2. The molecule has 8 nitrogen and oxygen atoms in total. The lowest BCUT2D eigenvalue weighted by Crippen LogP contribution is -2.68.